The summed E-state index contributed by atoms with van der Waals surface area (Å²) < 4.78 is 28.7. The quantitative estimate of drug-likeness (QED) is 0.342. The first-order chi connectivity index (χ1) is 17.5. The number of anilines is 1. The fourth-order valence-corrected chi connectivity index (χ4v) is 4.75. The van der Waals surface area contributed by atoms with Crippen molar-refractivity contribution in [2.75, 3.05) is 11.9 Å². The monoisotopic (exact) mass is 503 g/mol. The molecule has 1 amide bonds. The van der Waals surface area contributed by atoms with Crippen LogP contribution < -0.4 is 10.6 Å². The van der Waals surface area contributed by atoms with Crippen LogP contribution in [-0.4, -0.2) is 32.0 Å². The fourth-order valence-electron chi connectivity index (χ4n) is 4.42. The number of halogens is 2. The van der Waals surface area contributed by atoms with Crippen LogP contribution in [0.25, 0.3) is 5.69 Å². The SMILES string of the molecule is O=C(CCN1C(=S)N[C@H](c2ccccn2)[C@@H]1c1cccn1-c1ccc(F)cc1)Nc1ccc(F)cc1. The molecule has 0 spiro atoms. The lowest BCUT2D eigenvalue weighted by Crippen LogP contribution is -2.33. The van der Waals surface area contributed by atoms with Gasteiger partial charge in [-0.15, -0.1) is 0 Å². The Bertz CT molecular complexity index is 1360. The van der Waals surface area contributed by atoms with Crippen LogP contribution in [0, 0.1) is 11.6 Å². The van der Waals surface area contributed by atoms with Gasteiger partial charge in [0, 0.05) is 42.4 Å². The second kappa shape index (κ2) is 10.2. The van der Waals surface area contributed by atoms with Gasteiger partial charge in [-0.25, -0.2) is 8.78 Å². The smallest absolute Gasteiger partial charge is 0.226 e. The summed E-state index contributed by atoms with van der Waals surface area (Å²) in [5.74, 6) is -0.885. The van der Waals surface area contributed by atoms with Crippen molar-refractivity contribution in [2.24, 2.45) is 0 Å². The van der Waals surface area contributed by atoms with Crippen molar-refractivity contribution in [3.8, 4) is 5.69 Å². The van der Waals surface area contributed by atoms with E-state index in [0.29, 0.717) is 17.3 Å². The Kier molecular flexibility index (Phi) is 6.73. The molecule has 2 aromatic carbocycles. The first kappa shape index (κ1) is 23.6. The van der Waals surface area contributed by atoms with Gasteiger partial charge in [-0.1, -0.05) is 6.07 Å². The van der Waals surface area contributed by atoms with E-state index in [1.807, 2.05) is 46.0 Å². The van der Waals surface area contributed by atoms with E-state index >= 15 is 0 Å². The summed E-state index contributed by atoms with van der Waals surface area (Å²) >= 11 is 5.70. The number of benzene rings is 2. The van der Waals surface area contributed by atoms with Crippen LogP contribution in [0.15, 0.2) is 91.3 Å². The summed E-state index contributed by atoms with van der Waals surface area (Å²) in [5, 5.41) is 6.68. The van der Waals surface area contributed by atoms with Crippen molar-refractivity contribution in [2.45, 2.75) is 18.5 Å². The van der Waals surface area contributed by atoms with Crippen molar-refractivity contribution in [3.05, 3.63) is 114 Å². The molecular weight excluding hydrogens is 480 g/mol. The van der Waals surface area contributed by atoms with Gasteiger partial charge in [0.2, 0.25) is 5.91 Å². The topological polar surface area (TPSA) is 62.2 Å². The van der Waals surface area contributed by atoms with Crippen LogP contribution >= 0.6 is 12.2 Å². The maximum Gasteiger partial charge on any atom is 0.226 e. The molecule has 2 aromatic heterocycles. The van der Waals surface area contributed by atoms with Crippen molar-refractivity contribution in [1.29, 1.82) is 0 Å². The van der Waals surface area contributed by atoms with Gasteiger partial charge in [0.1, 0.15) is 11.6 Å². The maximum absolute atomic E-state index is 13.6. The molecule has 1 saturated heterocycles. The van der Waals surface area contributed by atoms with Gasteiger partial charge < -0.3 is 20.1 Å². The summed E-state index contributed by atoms with van der Waals surface area (Å²) in [6.07, 6.45) is 3.82. The van der Waals surface area contributed by atoms with E-state index in [1.165, 1.54) is 36.4 Å². The molecule has 0 bridgehead atoms. The highest BCUT2D eigenvalue weighted by atomic mass is 32.1. The Balaban J connectivity index is 1.43. The van der Waals surface area contributed by atoms with Gasteiger partial charge in [0.15, 0.2) is 5.11 Å². The van der Waals surface area contributed by atoms with Gasteiger partial charge >= 0.3 is 0 Å². The first-order valence-electron chi connectivity index (χ1n) is 11.5. The number of carbonyl (C=O) groups excluding carboxylic acids is 1. The molecule has 5 rings (SSSR count). The zero-order chi connectivity index (χ0) is 25.1. The van der Waals surface area contributed by atoms with Crippen LogP contribution in [0.2, 0.25) is 0 Å². The van der Waals surface area contributed by atoms with Crippen molar-refractivity contribution < 1.29 is 13.6 Å². The van der Waals surface area contributed by atoms with E-state index in [4.69, 9.17) is 12.2 Å². The minimum Gasteiger partial charge on any atom is -0.352 e. The zero-order valence-electron chi connectivity index (χ0n) is 19.1. The number of amides is 1. The fraction of sp³-hybridized carbons (Fsp3) is 0.148. The number of nitrogens with zero attached hydrogens (tertiary/aromatic N) is 3. The number of nitrogens with one attached hydrogen (secondary N) is 2. The third kappa shape index (κ3) is 4.96. The number of carbonyl (C=O) groups is 1. The summed E-state index contributed by atoms with van der Waals surface area (Å²) in [6, 6.07) is 21.0. The normalized spacial score (nSPS) is 17.2. The van der Waals surface area contributed by atoms with Gasteiger partial charge in [0.05, 0.1) is 17.8 Å². The van der Waals surface area contributed by atoms with Gasteiger partial charge in [-0.3, -0.25) is 9.78 Å². The number of rotatable bonds is 7. The molecule has 3 heterocycles. The molecule has 6 nitrogen and oxygen atoms in total. The molecule has 2 atom stereocenters. The standard InChI is InChI=1S/C27H23F2N5OS/c28-18-6-10-20(11-7-18)31-24(35)14-17-34-26(25(32-27(34)36)22-4-1-2-15-30-22)23-5-3-16-33(23)21-12-8-19(29)9-13-21/h1-13,15-16,25-26H,14,17H2,(H,31,35)(H,32,36)/t25-,26+/m1/s1. The lowest BCUT2D eigenvalue weighted by molar-refractivity contribution is -0.116. The molecule has 0 radical (unpaired) electrons. The minimum absolute atomic E-state index is 0.169. The Hall–Kier alpha value is -4.11. The first-order valence-corrected chi connectivity index (χ1v) is 11.9. The lowest BCUT2D eigenvalue weighted by atomic mass is 10.0. The predicted octanol–water partition coefficient (Wildman–Crippen LogP) is 5.15. The van der Waals surface area contributed by atoms with Crippen LogP contribution in [0.4, 0.5) is 14.5 Å². The number of hydrogen-bond acceptors (Lipinski definition) is 3. The number of pyridine rings is 1. The van der Waals surface area contributed by atoms with E-state index in [-0.39, 0.29) is 36.0 Å². The van der Waals surface area contributed by atoms with E-state index in [2.05, 4.69) is 15.6 Å². The lowest BCUT2D eigenvalue weighted by Gasteiger charge is -2.28. The Morgan fingerprint density at radius 3 is 2.39 bits per heavy atom. The molecule has 0 unspecified atom stereocenters. The highest BCUT2D eigenvalue weighted by molar-refractivity contribution is 7.80. The van der Waals surface area contributed by atoms with Crippen molar-refractivity contribution in [3.63, 3.8) is 0 Å². The minimum atomic E-state index is -0.367. The molecule has 0 saturated carbocycles. The Labute approximate surface area is 212 Å². The van der Waals surface area contributed by atoms with Crippen molar-refractivity contribution in [1.82, 2.24) is 19.8 Å². The molecule has 1 fully saturated rings. The second-order valence-electron chi connectivity index (χ2n) is 8.40. The van der Waals surface area contributed by atoms with E-state index in [0.717, 1.165) is 17.1 Å². The molecular formula is C27H23F2N5OS. The molecule has 1 aliphatic rings. The number of thiocarbonyl (C=S) groups is 1. The molecule has 0 aliphatic carbocycles. The largest absolute Gasteiger partial charge is 0.352 e. The van der Waals surface area contributed by atoms with Crippen LogP contribution in [0.5, 0.6) is 0 Å². The van der Waals surface area contributed by atoms with Crippen LogP contribution in [-0.2, 0) is 4.79 Å². The third-order valence-electron chi connectivity index (χ3n) is 6.09. The summed E-state index contributed by atoms with van der Waals surface area (Å²) in [5.41, 5.74) is 3.07. The van der Waals surface area contributed by atoms with Crippen LogP contribution in [0.3, 0.4) is 0 Å². The van der Waals surface area contributed by atoms with Gasteiger partial charge in [-0.05, 0) is 85.0 Å². The highest BCUT2D eigenvalue weighted by Crippen LogP contribution is 2.39. The summed E-state index contributed by atoms with van der Waals surface area (Å²) in [6.45, 7) is 0.349. The average Bonchev–Trinajstić information content (AvgIpc) is 3.49. The van der Waals surface area contributed by atoms with E-state index in [9.17, 15) is 13.6 Å². The third-order valence-corrected chi connectivity index (χ3v) is 6.45. The Morgan fingerprint density at radius 1 is 0.972 bits per heavy atom. The Morgan fingerprint density at radius 2 is 1.69 bits per heavy atom. The predicted molar refractivity (Wildman–Crippen MR) is 138 cm³/mol. The summed E-state index contributed by atoms with van der Waals surface area (Å²) in [4.78, 5) is 19.2. The average molecular weight is 504 g/mol. The molecule has 9 heteroatoms. The van der Waals surface area contributed by atoms with E-state index in [1.54, 1.807) is 18.3 Å². The van der Waals surface area contributed by atoms with Gasteiger partial charge in [-0.2, -0.15) is 0 Å². The second-order valence-corrected chi connectivity index (χ2v) is 8.79. The molecule has 2 N–H and O–H groups in total. The molecule has 1 aliphatic heterocycles. The molecule has 182 valence electrons. The van der Waals surface area contributed by atoms with Crippen LogP contribution in [0.1, 0.15) is 29.9 Å². The molecule has 4 aromatic rings. The van der Waals surface area contributed by atoms with Crippen molar-refractivity contribution >= 4 is 28.9 Å². The van der Waals surface area contributed by atoms with E-state index < -0.39 is 0 Å². The highest BCUT2D eigenvalue weighted by Gasteiger charge is 2.41. The number of aromatic nitrogens is 2. The molecule has 36 heavy (non-hydrogen) atoms. The maximum atomic E-state index is 13.6. The van der Waals surface area contributed by atoms with Gasteiger partial charge in [0.25, 0.3) is 0 Å². The summed E-state index contributed by atoms with van der Waals surface area (Å²) in [7, 11) is 0. The zero-order valence-corrected chi connectivity index (χ0v) is 20.0. The number of hydrogen-bond donors (Lipinski definition) is 2.